The summed E-state index contributed by atoms with van der Waals surface area (Å²) in [5, 5.41) is 2.75. The maximum atomic E-state index is 12.6. The molecule has 0 spiro atoms. The monoisotopic (exact) mass is 468 g/mol. The van der Waals surface area contributed by atoms with Crippen LogP contribution < -0.4 is 10.0 Å². The predicted octanol–water partition coefficient (Wildman–Crippen LogP) is 4.78. The van der Waals surface area contributed by atoms with E-state index >= 15 is 0 Å². The van der Waals surface area contributed by atoms with Crippen LogP contribution in [0.3, 0.4) is 0 Å². The van der Waals surface area contributed by atoms with Gasteiger partial charge < -0.3 is 5.32 Å². The van der Waals surface area contributed by atoms with Crippen molar-refractivity contribution >= 4 is 27.4 Å². The summed E-state index contributed by atoms with van der Waals surface area (Å²) in [7, 11) is -3.57. The molecule has 0 unspecified atom stereocenters. The Balaban J connectivity index is 1.28. The van der Waals surface area contributed by atoms with E-state index < -0.39 is 10.0 Å². The number of nitrogens with one attached hydrogen (secondary N) is 2. The summed E-state index contributed by atoms with van der Waals surface area (Å²) >= 11 is 0. The lowest BCUT2D eigenvalue weighted by Gasteiger charge is -2.22. The van der Waals surface area contributed by atoms with Crippen molar-refractivity contribution in [2.24, 2.45) is 0 Å². The Morgan fingerprint density at radius 1 is 0.818 bits per heavy atom. The van der Waals surface area contributed by atoms with Crippen molar-refractivity contribution in [2.45, 2.75) is 81.6 Å². The first kappa shape index (κ1) is 23.6. The third-order valence-corrected chi connectivity index (χ3v) is 8.16. The minimum atomic E-state index is -3.57. The number of aryl methyl sites for hydroxylation is 2. The Morgan fingerprint density at radius 2 is 1.52 bits per heavy atom. The van der Waals surface area contributed by atoms with Crippen LogP contribution in [0.5, 0.6) is 0 Å². The molecule has 0 heterocycles. The number of anilines is 1. The minimum absolute atomic E-state index is 0.00390. The number of benzene rings is 2. The van der Waals surface area contributed by atoms with E-state index in [1.807, 2.05) is 18.2 Å². The van der Waals surface area contributed by atoms with Crippen LogP contribution in [-0.4, -0.2) is 26.2 Å². The molecule has 176 valence electrons. The van der Waals surface area contributed by atoms with Gasteiger partial charge in [0.25, 0.3) is 0 Å². The average molecular weight is 469 g/mol. The Morgan fingerprint density at radius 3 is 2.24 bits per heavy atom. The number of rotatable bonds is 8. The summed E-state index contributed by atoms with van der Waals surface area (Å²) in [6.07, 6.45) is 9.67. The molecule has 4 rings (SSSR count). The smallest absolute Gasteiger partial charge is 0.240 e. The molecule has 2 aliphatic rings. The molecule has 6 nitrogen and oxygen atoms in total. The number of carbonyl (C=O) groups is 2. The molecule has 1 fully saturated rings. The number of sulfonamides is 1. The van der Waals surface area contributed by atoms with Crippen LogP contribution in [-0.2, 0) is 27.7 Å². The first-order chi connectivity index (χ1) is 15.9. The van der Waals surface area contributed by atoms with E-state index in [1.165, 1.54) is 29.7 Å². The molecule has 1 saturated carbocycles. The lowest BCUT2D eigenvalue weighted by atomic mass is 9.89. The van der Waals surface area contributed by atoms with Crippen LogP contribution in [0, 0.1) is 0 Å². The summed E-state index contributed by atoms with van der Waals surface area (Å²) in [6, 6.07) is 12.0. The summed E-state index contributed by atoms with van der Waals surface area (Å²) in [5.41, 5.74) is 3.76. The van der Waals surface area contributed by atoms with Crippen molar-refractivity contribution < 1.29 is 18.0 Å². The third kappa shape index (κ3) is 6.30. The van der Waals surface area contributed by atoms with Gasteiger partial charge in [-0.05, 0) is 80.0 Å². The Bertz CT molecular complexity index is 1100. The van der Waals surface area contributed by atoms with Gasteiger partial charge in [0.15, 0.2) is 5.78 Å². The van der Waals surface area contributed by atoms with E-state index in [9.17, 15) is 18.0 Å². The second kappa shape index (κ2) is 10.6. The number of carbonyl (C=O) groups excluding carboxylic acids is 2. The van der Waals surface area contributed by atoms with E-state index in [4.69, 9.17) is 0 Å². The molecule has 0 atom stereocenters. The highest BCUT2D eigenvalue weighted by atomic mass is 32.2. The quantitative estimate of drug-likeness (QED) is 0.546. The average Bonchev–Trinajstić information content (AvgIpc) is 2.83. The Hall–Kier alpha value is -2.51. The third-order valence-electron chi connectivity index (χ3n) is 6.62. The van der Waals surface area contributed by atoms with E-state index in [0.29, 0.717) is 11.3 Å². The lowest BCUT2D eigenvalue weighted by Crippen LogP contribution is -2.36. The lowest BCUT2D eigenvalue weighted by molar-refractivity contribution is -0.116. The number of fused-ring (bicyclic) bond motifs is 1. The first-order valence-electron chi connectivity index (χ1n) is 12.0. The van der Waals surface area contributed by atoms with Gasteiger partial charge in [0.1, 0.15) is 0 Å². The predicted molar refractivity (Wildman–Crippen MR) is 129 cm³/mol. The topological polar surface area (TPSA) is 92.3 Å². The fourth-order valence-corrected chi connectivity index (χ4v) is 6.03. The standard InChI is InChI=1S/C26H32N2O4S/c29-25(21-11-10-19-6-4-5-7-20(19)18-21)16-17-26(30)27-22-12-14-24(15-13-22)33(31,32)28-23-8-2-1-3-9-23/h10-15,18,23,28H,1-9,16-17H2,(H,27,30). The number of amides is 1. The number of hydrogen-bond donors (Lipinski definition) is 2. The van der Waals surface area contributed by atoms with Crippen molar-refractivity contribution in [3.05, 3.63) is 59.2 Å². The molecule has 2 aliphatic carbocycles. The molecule has 2 aromatic carbocycles. The van der Waals surface area contributed by atoms with E-state index in [1.54, 1.807) is 12.1 Å². The van der Waals surface area contributed by atoms with Gasteiger partial charge >= 0.3 is 0 Å². The zero-order valence-corrected chi connectivity index (χ0v) is 19.8. The molecule has 7 heteroatoms. The second-order valence-corrected chi connectivity index (χ2v) is 10.9. The van der Waals surface area contributed by atoms with Crippen LogP contribution >= 0.6 is 0 Å². The maximum Gasteiger partial charge on any atom is 0.240 e. The SMILES string of the molecule is O=C(CCC(=O)c1ccc2c(c1)CCCC2)Nc1ccc(S(=O)(=O)NC2CCCCC2)cc1. The largest absolute Gasteiger partial charge is 0.326 e. The van der Waals surface area contributed by atoms with Crippen molar-refractivity contribution in [3.8, 4) is 0 Å². The van der Waals surface area contributed by atoms with Gasteiger partial charge in [0.2, 0.25) is 15.9 Å². The van der Waals surface area contributed by atoms with Gasteiger partial charge in [-0.1, -0.05) is 31.4 Å². The van der Waals surface area contributed by atoms with Gasteiger partial charge in [0.05, 0.1) is 4.90 Å². The minimum Gasteiger partial charge on any atom is -0.326 e. The highest BCUT2D eigenvalue weighted by Gasteiger charge is 2.22. The van der Waals surface area contributed by atoms with E-state index in [0.717, 1.165) is 51.4 Å². The number of hydrogen-bond acceptors (Lipinski definition) is 4. The van der Waals surface area contributed by atoms with Gasteiger partial charge in [0, 0.05) is 30.1 Å². The molecule has 0 saturated heterocycles. The van der Waals surface area contributed by atoms with Crippen LogP contribution in [0.1, 0.15) is 79.3 Å². The van der Waals surface area contributed by atoms with Gasteiger partial charge in [-0.3, -0.25) is 9.59 Å². The molecule has 0 bridgehead atoms. The Kier molecular flexibility index (Phi) is 7.60. The molecule has 2 N–H and O–H groups in total. The van der Waals surface area contributed by atoms with E-state index in [2.05, 4.69) is 10.0 Å². The molecule has 0 aromatic heterocycles. The highest BCUT2D eigenvalue weighted by molar-refractivity contribution is 7.89. The van der Waals surface area contributed by atoms with Crippen molar-refractivity contribution in [1.29, 1.82) is 0 Å². The van der Waals surface area contributed by atoms with Gasteiger partial charge in [-0.25, -0.2) is 13.1 Å². The van der Waals surface area contributed by atoms with Gasteiger partial charge in [-0.15, -0.1) is 0 Å². The van der Waals surface area contributed by atoms with Crippen molar-refractivity contribution in [3.63, 3.8) is 0 Å². The molecule has 1 amide bonds. The summed E-state index contributed by atoms with van der Waals surface area (Å²) < 4.78 is 28.0. The highest BCUT2D eigenvalue weighted by Crippen LogP contribution is 2.23. The zero-order chi connectivity index (χ0) is 23.3. The van der Waals surface area contributed by atoms with Crippen molar-refractivity contribution in [2.75, 3.05) is 5.32 Å². The van der Waals surface area contributed by atoms with Gasteiger partial charge in [-0.2, -0.15) is 0 Å². The molecule has 2 aromatic rings. The number of Topliss-reactive ketones (excluding diaryl/α,β-unsaturated/α-hetero) is 1. The summed E-state index contributed by atoms with van der Waals surface area (Å²) in [4.78, 5) is 25.1. The zero-order valence-electron chi connectivity index (χ0n) is 18.9. The normalized spacial score (nSPS) is 16.7. The van der Waals surface area contributed by atoms with Crippen molar-refractivity contribution in [1.82, 2.24) is 4.72 Å². The fraction of sp³-hybridized carbons (Fsp3) is 0.462. The molecule has 0 radical (unpaired) electrons. The maximum absolute atomic E-state index is 12.6. The number of ketones is 1. The summed E-state index contributed by atoms with van der Waals surface area (Å²) in [6.45, 7) is 0. The van der Waals surface area contributed by atoms with Crippen LogP contribution in [0.4, 0.5) is 5.69 Å². The Labute approximate surface area is 196 Å². The fourth-order valence-electron chi connectivity index (χ4n) is 4.73. The summed E-state index contributed by atoms with van der Waals surface area (Å²) in [5.74, 6) is -0.300. The molecular formula is C26H32N2O4S. The van der Waals surface area contributed by atoms with Crippen LogP contribution in [0.25, 0.3) is 0 Å². The molecular weight excluding hydrogens is 436 g/mol. The first-order valence-corrected chi connectivity index (χ1v) is 13.5. The second-order valence-electron chi connectivity index (χ2n) is 9.14. The van der Waals surface area contributed by atoms with Crippen LogP contribution in [0.2, 0.25) is 0 Å². The van der Waals surface area contributed by atoms with Crippen LogP contribution in [0.15, 0.2) is 47.4 Å². The molecule has 33 heavy (non-hydrogen) atoms. The molecule has 0 aliphatic heterocycles. The van der Waals surface area contributed by atoms with E-state index in [-0.39, 0.29) is 35.5 Å².